The van der Waals surface area contributed by atoms with Gasteiger partial charge in [-0.1, -0.05) is 20.4 Å². The monoisotopic (exact) mass is 264 g/mol. The van der Waals surface area contributed by atoms with Crippen LogP contribution in [0, 0.1) is 23.2 Å². The highest BCUT2D eigenvalue weighted by molar-refractivity contribution is 5.87. The van der Waals surface area contributed by atoms with E-state index in [0.29, 0.717) is 17.9 Å². The highest BCUT2D eigenvalue weighted by atomic mass is 16.6. The standard InChI is InChI=1S/C15H20O4/c1-7(2)14(17)18-10-6-9-13-8(5-11(16)19-13)12(10)15(9,3)4/h8-10,12-13H,1,5-6H2,2-4H3. The van der Waals surface area contributed by atoms with E-state index in [1.807, 2.05) is 0 Å². The lowest BCUT2D eigenvalue weighted by molar-refractivity contribution is -0.150. The molecule has 2 bridgehead atoms. The number of carbonyl (C=O) groups excluding carboxylic acids is 2. The van der Waals surface area contributed by atoms with Crippen LogP contribution < -0.4 is 0 Å². The van der Waals surface area contributed by atoms with Crippen molar-refractivity contribution in [1.29, 1.82) is 0 Å². The molecule has 3 aliphatic rings. The number of hydrogen-bond acceptors (Lipinski definition) is 4. The first kappa shape index (κ1) is 12.7. The fraction of sp³-hybridized carbons (Fsp3) is 0.733. The maximum Gasteiger partial charge on any atom is 0.333 e. The van der Waals surface area contributed by atoms with Crippen LogP contribution in [0.1, 0.15) is 33.6 Å². The zero-order valence-electron chi connectivity index (χ0n) is 11.6. The van der Waals surface area contributed by atoms with Crippen LogP contribution in [0.4, 0.5) is 0 Å². The van der Waals surface area contributed by atoms with Crippen molar-refractivity contribution >= 4 is 11.9 Å². The molecule has 0 aromatic carbocycles. The fourth-order valence-electron chi connectivity index (χ4n) is 4.48. The Morgan fingerprint density at radius 1 is 1.47 bits per heavy atom. The molecule has 0 N–H and O–H groups in total. The molecule has 0 spiro atoms. The Morgan fingerprint density at radius 2 is 2.16 bits per heavy atom. The van der Waals surface area contributed by atoms with Gasteiger partial charge in [0.1, 0.15) is 12.2 Å². The van der Waals surface area contributed by atoms with Gasteiger partial charge in [-0.3, -0.25) is 4.79 Å². The average Bonchev–Trinajstić information content (AvgIpc) is 2.83. The molecule has 19 heavy (non-hydrogen) atoms. The van der Waals surface area contributed by atoms with Crippen molar-refractivity contribution < 1.29 is 19.1 Å². The van der Waals surface area contributed by atoms with E-state index in [1.165, 1.54) is 0 Å². The minimum atomic E-state index is -0.324. The molecule has 1 saturated heterocycles. The third-order valence-corrected chi connectivity index (χ3v) is 5.26. The predicted molar refractivity (Wildman–Crippen MR) is 68.1 cm³/mol. The molecular weight excluding hydrogens is 244 g/mol. The molecule has 0 aromatic heterocycles. The molecule has 4 heteroatoms. The molecule has 0 radical (unpaired) electrons. The summed E-state index contributed by atoms with van der Waals surface area (Å²) in [5.74, 6) is 0.306. The summed E-state index contributed by atoms with van der Waals surface area (Å²) in [5.41, 5.74) is 0.492. The third-order valence-electron chi connectivity index (χ3n) is 5.26. The first-order chi connectivity index (χ1) is 8.82. The Kier molecular flexibility index (Phi) is 2.57. The van der Waals surface area contributed by atoms with Crippen LogP contribution in [-0.2, 0) is 19.1 Å². The second kappa shape index (κ2) is 3.84. The highest BCUT2D eigenvalue weighted by Gasteiger charge is 2.67. The van der Waals surface area contributed by atoms with Crippen LogP contribution in [0.15, 0.2) is 12.2 Å². The van der Waals surface area contributed by atoms with Crippen LogP contribution in [0.2, 0.25) is 0 Å². The summed E-state index contributed by atoms with van der Waals surface area (Å²) in [7, 11) is 0. The van der Waals surface area contributed by atoms with Crippen molar-refractivity contribution in [3.8, 4) is 0 Å². The first-order valence-electron chi connectivity index (χ1n) is 6.88. The lowest BCUT2D eigenvalue weighted by Gasteiger charge is -2.30. The number of carbonyl (C=O) groups is 2. The van der Waals surface area contributed by atoms with E-state index in [2.05, 4.69) is 20.4 Å². The Balaban J connectivity index is 1.83. The number of esters is 2. The average molecular weight is 264 g/mol. The molecule has 3 rings (SSSR count). The molecular formula is C15H20O4. The predicted octanol–water partition coefficient (Wildman–Crippen LogP) is 2.08. The van der Waals surface area contributed by atoms with Gasteiger partial charge in [0, 0.05) is 23.3 Å². The molecule has 2 aliphatic carbocycles. The summed E-state index contributed by atoms with van der Waals surface area (Å²) in [6.45, 7) is 9.67. The van der Waals surface area contributed by atoms with E-state index >= 15 is 0 Å². The number of ether oxygens (including phenoxy) is 2. The zero-order valence-corrected chi connectivity index (χ0v) is 11.6. The van der Waals surface area contributed by atoms with Crippen LogP contribution in [-0.4, -0.2) is 24.1 Å². The summed E-state index contributed by atoms with van der Waals surface area (Å²) < 4.78 is 11.0. The maximum absolute atomic E-state index is 11.7. The SMILES string of the molecule is C=C(C)C(=O)OC1CC2C3OC(=O)CC3C1C2(C)C. The molecule has 1 aliphatic heterocycles. The van der Waals surface area contributed by atoms with Gasteiger partial charge >= 0.3 is 11.9 Å². The Labute approximate surface area is 113 Å². The smallest absolute Gasteiger partial charge is 0.333 e. The van der Waals surface area contributed by atoms with Gasteiger partial charge in [-0.25, -0.2) is 4.79 Å². The largest absolute Gasteiger partial charge is 0.462 e. The van der Waals surface area contributed by atoms with Crippen molar-refractivity contribution in [2.45, 2.75) is 45.8 Å². The Morgan fingerprint density at radius 3 is 2.79 bits per heavy atom. The minimum Gasteiger partial charge on any atom is -0.462 e. The molecule has 2 saturated carbocycles. The van der Waals surface area contributed by atoms with E-state index in [4.69, 9.17) is 9.47 Å². The van der Waals surface area contributed by atoms with Crippen LogP contribution in [0.3, 0.4) is 0 Å². The zero-order chi connectivity index (χ0) is 13.9. The molecule has 1 heterocycles. The lowest BCUT2D eigenvalue weighted by atomic mass is 9.78. The van der Waals surface area contributed by atoms with Gasteiger partial charge in [-0.15, -0.1) is 0 Å². The van der Waals surface area contributed by atoms with Crippen LogP contribution in [0.5, 0.6) is 0 Å². The molecule has 0 aromatic rings. The summed E-state index contributed by atoms with van der Waals surface area (Å²) in [5, 5.41) is 0. The first-order valence-corrected chi connectivity index (χ1v) is 6.88. The second-order valence-electron chi connectivity index (χ2n) is 6.74. The van der Waals surface area contributed by atoms with Gasteiger partial charge in [0.05, 0.1) is 6.42 Å². The molecule has 5 unspecified atom stereocenters. The minimum absolute atomic E-state index is 0.0345. The third kappa shape index (κ3) is 1.65. The Bertz CT molecular complexity index is 465. The summed E-state index contributed by atoms with van der Waals surface area (Å²) in [6, 6.07) is 0. The van der Waals surface area contributed by atoms with Gasteiger partial charge in [-0.05, 0) is 18.8 Å². The van der Waals surface area contributed by atoms with Gasteiger partial charge in [0.15, 0.2) is 0 Å². The fourth-order valence-corrected chi connectivity index (χ4v) is 4.48. The number of rotatable bonds is 2. The summed E-state index contributed by atoms with van der Waals surface area (Å²) in [6.07, 6.45) is 1.20. The van der Waals surface area contributed by atoms with E-state index in [9.17, 15) is 9.59 Å². The topological polar surface area (TPSA) is 52.6 Å². The quantitative estimate of drug-likeness (QED) is 0.566. The number of hydrogen-bond donors (Lipinski definition) is 0. The van der Waals surface area contributed by atoms with Gasteiger partial charge in [0.25, 0.3) is 0 Å². The molecule has 104 valence electrons. The van der Waals surface area contributed by atoms with Gasteiger partial charge < -0.3 is 9.47 Å². The molecule has 3 fully saturated rings. The van der Waals surface area contributed by atoms with Crippen molar-refractivity contribution in [3.05, 3.63) is 12.2 Å². The second-order valence-corrected chi connectivity index (χ2v) is 6.74. The van der Waals surface area contributed by atoms with Crippen molar-refractivity contribution in [3.63, 3.8) is 0 Å². The van der Waals surface area contributed by atoms with Crippen molar-refractivity contribution in [1.82, 2.24) is 0 Å². The molecule has 4 nitrogen and oxygen atoms in total. The normalized spacial score (nSPS) is 41.8. The van der Waals surface area contributed by atoms with E-state index in [1.54, 1.807) is 6.92 Å². The van der Waals surface area contributed by atoms with Gasteiger partial charge in [0.2, 0.25) is 0 Å². The lowest BCUT2D eigenvalue weighted by Crippen LogP contribution is -2.35. The van der Waals surface area contributed by atoms with E-state index in [0.717, 1.165) is 6.42 Å². The molecule has 0 amide bonds. The van der Waals surface area contributed by atoms with E-state index in [-0.39, 0.29) is 41.4 Å². The Hall–Kier alpha value is -1.32. The van der Waals surface area contributed by atoms with Gasteiger partial charge in [-0.2, -0.15) is 0 Å². The summed E-state index contributed by atoms with van der Waals surface area (Å²) in [4.78, 5) is 23.2. The molecule has 5 atom stereocenters. The van der Waals surface area contributed by atoms with Crippen molar-refractivity contribution in [2.24, 2.45) is 23.2 Å². The van der Waals surface area contributed by atoms with Crippen LogP contribution in [0.25, 0.3) is 0 Å². The summed E-state index contributed by atoms with van der Waals surface area (Å²) >= 11 is 0. The van der Waals surface area contributed by atoms with E-state index < -0.39 is 0 Å². The van der Waals surface area contributed by atoms with Crippen molar-refractivity contribution in [2.75, 3.05) is 0 Å². The highest BCUT2D eigenvalue weighted by Crippen LogP contribution is 2.64. The number of fused-ring (bicyclic) bond motifs is 5. The van der Waals surface area contributed by atoms with Crippen LogP contribution >= 0.6 is 0 Å². The maximum atomic E-state index is 11.7.